The van der Waals surface area contributed by atoms with Crippen LogP contribution < -0.4 is 9.47 Å². The SMILES string of the molecule is COc1ccc(OC)c(C2CCCN2S(=O)(=O)c2ccc(Br)s2)c1. The van der Waals surface area contributed by atoms with Crippen LogP contribution in [-0.4, -0.2) is 33.5 Å². The van der Waals surface area contributed by atoms with Crippen molar-refractivity contribution in [2.24, 2.45) is 0 Å². The fourth-order valence-electron chi connectivity index (χ4n) is 2.99. The van der Waals surface area contributed by atoms with E-state index in [1.165, 1.54) is 11.3 Å². The third-order valence-electron chi connectivity index (χ3n) is 4.11. The lowest BCUT2D eigenvalue weighted by atomic mass is 10.0. The molecule has 1 aliphatic heterocycles. The van der Waals surface area contributed by atoms with E-state index in [0.717, 1.165) is 22.2 Å². The van der Waals surface area contributed by atoms with Crippen LogP contribution in [0, 0.1) is 0 Å². The lowest BCUT2D eigenvalue weighted by Gasteiger charge is -2.25. The quantitative estimate of drug-likeness (QED) is 0.716. The first kappa shape index (κ1) is 17.7. The molecule has 1 aromatic heterocycles. The van der Waals surface area contributed by atoms with Gasteiger partial charge in [0.25, 0.3) is 10.0 Å². The molecule has 5 nitrogen and oxygen atoms in total. The maximum Gasteiger partial charge on any atom is 0.253 e. The summed E-state index contributed by atoms with van der Waals surface area (Å²) in [5.41, 5.74) is 0.841. The normalized spacial score (nSPS) is 18.7. The van der Waals surface area contributed by atoms with Crippen LogP contribution in [0.1, 0.15) is 24.4 Å². The van der Waals surface area contributed by atoms with Crippen molar-refractivity contribution in [3.8, 4) is 11.5 Å². The Morgan fingerprint density at radius 1 is 1.21 bits per heavy atom. The molecule has 0 aliphatic carbocycles. The van der Waals surface area contributed by atoms with E-state index in [4.69, 9.17) is 9.47 Å². The molecule has 1 aromatic carbocycles. The Hall–Kier alpha value is -1.09. The minimum atomic E-state index is -3.53. The predicted molar refractivity (Wildman–Crippen MR) is 97.4 cm³/mol. The molecule has 1 fully saturated rings. The second-order valence-corrected chi connectivity index (χ2v) is 10.0. The molecule has 0 amide bonds. The highest BCUT2D eigenvalue weighted by molar-refractivity contribution is 9.11. The van der Waals surface area contributed by atoms with E-state index >= 15 is 0 Å². The van der Waals surface area contributed by atoms with Crippen LogP contribution in [0.4, 0.5) is 0 Å². The van der Waals surface area contributed by atoms with Gasteiger partial charge in [0.1, 0.15) is 15.7 Å². The highest BCUT2D eigenvalue weighted by Gasteiger charge is 2.38. The van der Waals surface area contributed by atoms with Gasteiger partial charge in [0.2, 0.25) is 0 Å². The Labute approximate surface area is 154 Å². The van der Waals surface area contributed by atoms with E-state index in [1.54, 1.807) is 30.7 Å². The van der Waals surface area contributed by atoms with Crippen molar-refractivity contribution >= 4 is 37.3 Å². The molecule has 1 atom stereocenters. The molecule has 3 rings (SSSR count). The summed E-state index contributed by atoms with van der Waals surface area (Å²) in [4.78, 5) is 0. The van der Waals surface area contributed by atoms with Crippen LogP contribution in [0.15, 0.2) is 38.3 Å². The Kier molecular flexibility index (Phi) is 5.19. The van der Waals surface area contributed by atoms with Crippen molar-refractivity contribution in [3.63, 3.8) is 0 Å². The summed E-state index contributed by atoms with van der Waals surface area (Å²) in [7, 11) is -0.346. The van der Waals surface area contributed by atoms with Crippen molar-refractivity contribution in [2.45, 2.75) is 23.1 Å². The predicted octanol–water partition coefficient (Wildman–Crippen LogP) is 4.05. The first-order chi connectivity index (χ1) is 11.5. The van der Waals surface area contributed by atoms with Gasteiger partial charge >= 0.3 is 0 Å². The molecule has 2 heterocycles. The van der Waals surface area contributed by atoms with Crippen molar-refractivity contribution in [2.75, 3.05) is 20.8 Å². The molecule has 0 radical (unpaired) electrons. The summed E-state index contributed by atoms with van der Waals surface area (Å²) in [5.74, 6) is 1.36. The van der Waals surface area contributed by atoms with Gasteiger partial charge in [-0.05, 0) is 59.1 Å². The van der Waals surface area contributed by atoms with Crippen LogP contribution in [-0.2, 0) is 10.0 Å². The third kappa shape index (κ3) is 3.20. The van der Waals surface area contributed by atoms with E-state index in [9.17, 15) is 8.42 Å². The van der Waals surface area contributed by atoms with Gasteiger partial charge in [-0.2, -0.15) is 4.31 Å². The second kappa shape index (κ2) is 7.03. The molecule has 1 saturated heterocycles. The number of thiophene rings is 1. The van der Waals surface area contributed by atoms with Gasteiger partial charge in [-0.3, -0.25) is 0 Å². The van der Waals surface area contributed by atoms with Crippen molar-refractivity contribution in [1.29, 1.82) is 0 Å². The largest absolute Gasteiger partial charge is 0.497 e. The lowest BCUT2D eigenvalue weighted by molar-refractivity contribution is 0.362. The van der Waals surface area contributed by atoms with E-state index < -0.39 is 10.0 Å². The Morgan fingerprint density at radius 2 is 2.00 bits per heavy atom. The highest BCUT2D eigenvalue weighted by atomic mass is 79.9. The summed E-state index contributed by atoms with van der Waals surface area (Å²) < 4.78 is 39.5. The molecule has 1 aliphatic rings. The van der Waals surface area contributed by atoms with Crippen molar-refractivity contribution in [1.82, 2.24) is 4.31 Å². The van der Waals surface area contributed by atoms with Crippen molar-refractivity contribution < 1.29 is 17.9 Å². The van der Waals surface area contributed by atoms with Gasteiger partial charge in [-0.1, -0.05) is 0 Å². The number of methoxy groups -OCH3 is 2. The molecule has 8 heteroatoms. The fourth-order valence-corrected chi connectivity index (χ4v) is 6.80. The maximum absolute atomic E-state index is 13.0. The van der Waals surface area contributed by atoms with Crippen LogP contribution in [0.5, 0.6) is 11.5 Å². The first-order valence-corrected chi connectivity index (χ1v) is 10.5. The Morgan fingerprint density at radius 3 is 2.62 bits per heavy atom. The molecular formula is C16H18BrNO4S2. The van der Waals surface area contributed by atoms with Crippen LogP contribution in [0.3, 0.4) is 0 Å². The zero-order valence-corrected chi connectivity index (χ0v) is 16.6. The number of hydrogen-bond donors (Lipinski definition) is 0. The molecule has 1 unspecified atom stereocenters. The average Bonchev–Trinajstić information content (AvgIpc) is 3.23. The Bertz CT molecular complexity index is 834. The summed E-state index contributed by atoms with van der Waals surface area (Å²) in [5, 5.41) is 0. The fraction of sp³-hybridized carbons (Fsp3) is 0.375. The molecule has 24 heavy (non-hydrogen) atoms. The smallest absolute Gasteiger partial charge is 0.253 e. The van der Waals surface area contributed by atoms with Gasteiger partial charge in [-0.25, -0.2) is 8.42 Å². The molecule has 0 N–H and O–H groups in total. The monoisotopic (exact) mass is 431 g/mol. The molecule has 0 bridgehead atoms. The number of ether oxygens (including phenoxy) is 2. The van der Waals surface area contributed by atoms with Crippen LogP contribution in [0.2, 0.25) is 0 Å². The minimum Gasteiger partial charge on any atom is -0.497 e. The maximum atomic E-state index is 13.0. The summed E-state index contributed by atoms with van der Waals surface area (Å²) in [6, 6.07) is 8.64. The minimum absolute atomic E-state index is 0.249. The summed E-state index contributed by atoms with van der Waals surface area (Å²) >= 11 is 4.56. The van der Waals surface area contributed by atoms with E-state index in [1.807, 2.05) is 18.2 Å². The van der Waals surface area contributed by atoms with Crippen molar-refractivity contribution in [3.05, 3.63) is 39.7 Å². The molecule has 0 spiro atoms. The number of rotatable bonds is 5. The number of benzene rings is 1. The topological polar surface area (TPSA) is 55.8 Å². The first-order valence-electron chi connectivity index (χ1n) is 7.46. The number of hydrogen-bond acceptors (Lipinski definition) is 5. The average molecular weight is 432 g/mol. The van der Waals surface area contributed by atoms with Gasteiger partial charge in [0, 0.05) is 12.1 Å². The zero-order chi connectivity index (χ0) is 17.3. The molecule has 0 saturated carbocycles. The van der Waals surface area contributed by atoms with E-state index in [-0.39, 0.29) is 6.04 Å². The standard InChI is InChI=1S/C16H18BrNO4S2/c1-21-11-5-6-14(22-2)12(10-11)13-4-3-9-18(13)24(19,20)16-8-7-15(17)23-16/h5-8,10,13H,3-4,9H2,1-2H3. The number of halogens is 1. The van der Waals surface area contributed by atoms with Crippen LogP contribution >= 0.6 is 27.3 Å². The Balaban J connectivity index is 2.02. The van der Waals surface area contributed by atoms with E-state index in [0.29, 0.717) is 22.3 Å². The van der Waals surface area contributed by atoms with Gasteiger partial charge in [0.15, 0.2) is 0 Å². The van der Waals surface area contributed by atoms with E-state index in [2.05, 4.69) is 15.9 Å². The third-order valence-corrected chi connectivity index (χ3v) is 8.11. The van der Waals surface area contributed by atoms with Gasteiger partial charge in [0.05, 0.1) is 24.0 Å². The zero-order valence-electron chi connectivity index (χ0n) is 13.4. The second-order valence-electron chi connectivity index (χ2n) is 5.44. The lowest BCUT2D eigenvalue weighted by Crippen LogP contribution is -2.30. The van der Waals surface area contributed by atoms with Crippen LogP contribution in [0.25, 0.3) is 0 Å². The highest BCUT2D eigenvalue weighted by Crippen LogP contribution is 2.42. The number of sulfonamides is 1. The van der Waals surface area contributed by atoms with Gasteiger partial charge in [-0.15, -0.1) is 11.3 Å². The number of nitrogens with zero attached hydrogens (tertiary/aromatic N) is 1. The molecule has 2 aromatic rings. The van der Waals surface area contributed by atoms with Gasteiger partial charge < -0.3 is 9.47 Å². The molecule has 130 valence electrons. The molecular weight excluding hydrogens is 414 g/mol. The summed E-state index contributed by atoms with van der Waals surface area (Å²) in [6.07, 6.45) is 1.58. The summed E-state index contributed by atoms with van der Waals surface area (Å²) in [6.45, 7) is 0.503.